The molecule has 0 amide bonds. The maximum Gasteiger partial charge on any atom is 0.0994 e. The number of hydrogen-bond acceptors (Lipinski definition) is 3. The van der Waals surface area contributed by atoms with Crippen molar-refractivity contribution in [3.63, 3.8) is 0 Å². The molecular weight excluding hydrogens is 216 g/mol. The van der Waals surface area contributed by atoms with Crippen molar-refractivity contribution in [3.05, 3.63) is 42.0 Å². The second-order valence-electron chi connectivity index (χ2n) is 3.43. The molecule has 16 heavy (non-hydrogen) atoms. The number of aryl methyl sites for hydroxylation is 1. The molecule has 0 spiro atoms. The predicted octanol–water partition coefficient (Wildman–Crippen LogP) is 3.20. The Kier molecular flexibility index (Phi) is 5.52. The van der Waals surface area contributed by atoms with Crippen molar-refractivity contribution in [2.75, 3.05) is 23.4 Å². The molecule has 0 heterocycles. The van der Waals surface area contributed by atoms with Crippen LogP contribution >= 0.6 is 11.8 Å². The average molecular weight is 232 g/mol. The van der Waals surface area contributed by atoms with Gasteiger partial charge in [0.15, 0.2) is 0 Å². The van der Waals surface area contributed by atoms with E-state index in [1.165, 1.54) is 0 Å². The summed E-state index contributed by atoms with van der Waals surface area (Å²) in [6, 6.07) is 7.98. The Morgan fingerprint density at radius 3 is 3.00 bits per heavy atom. The van der Waals surface area contributed by atoms with E-state index in [2.05, 4.69) is 18.0 Å². The topological polar surface area (TPSA) is 35.8 Å². The molecule has 1 aromatic rings. The lowest BCUT2D eigenvalue weighted by Crippen LogP contribution is -2.04. The van der Waals surface area contributed by atoms with E-state index in [4.69, 9.17) is 5.26 Å². The molecule has 0 saturated carbocycles. The third-order valence-corrected chi connectivity index (χ3v) is 3.12. The van der Waals surface area contributed by atoms with E-state index < -0.39 is 0 Å². The van der Waals surface area contributed by atoms with Crippen LogP contribution in [0.1, 0.15) is 11.1 Å². The van der Waals surface area contributed by atoms with Crippen molar-refractivity contribution in [2.45, 2.75) is 6.92 Å². The number of anilines is 1. The molecule has 1 rings (SSSR count). The van der Waals surface area contributed by atoms with Crippen molar-refractivity contribution >= 4 is 17.4 Å². The molecule has 0 radical (unpaired) electrons. The summed E-state index contributed by atoms with van der Waals surface area (Å²) in [5.74, 6) is 2.05. The number of benzene rings is 1. The van der Waals surface area contributed by atoms with Crippen LogP contribution in [0.2, 0.25) is 0 Å². The average Bonchev–Trinajstić information content (AvgIpc) is 2.29. The molecule has 3 heteroatoms. The maximum absolute atomic E-state index is 8.80. The minimum Gasteiger partial charge on any atom is -0.384 e. The first-order chi connectivity index (χ1) is 7.77. The SMILES string of the molecule is C=CCSCCNc1ccc(C#N)c(C)c1. The van der Waals surface area contributed by atoms with Crippen LogP contribution in [-0.2, 0) is 0 Å². The molecule has 0 atom stereocenters. The molecule has 0 saturated heterocycles. The molecule has 0 fully saturated rings. The van der Waals surface area contributed by atoms with Crippen molar-refractivity contribution in [1.82, 2.24) is 0 Å². The van der Waals surface area contributed by atoms with Gasteiger partial charge < -0.3 is 5.32 Å². The van der Waals surface area contributed by atoms with Crippen LogP contribution in [-0.4, -0.2) is 18.1 Å². The van der Waals surface area contributed by atoms with Gasteiger partial charge in [0.05, 0.1) is 11.6 Å². The summed E-state index contributed by atoms with van der Waals surface area (Å²) in [6.07, 6.45) is 1.91. The molecule has 1 N–H and O–H groups in total. The van der Waals surface area contributed by atoms with Crippen molar-refractivity contribution in [1.29, 1.82) is 5.26 Å². The number of nitriles is 1. The third kappa shape index (κ3) is 4.00. The first kappa shape index (κ1) is 12.7. The second-order valence-corrected chi connectivity index (χ2v) is 4.58. The second kappa shape index (κ2) is 6.97. The van der Waals surface area contributed by atoms with Crippen molar-refractivity contribution in [2.24, 2.45) is 0 Å². The third-order valence-electron chi connectivity index (χ3n) is 2.16. The Morgan fingerprint density at radius 1 is 1.56 bits per heavy atom. The highest BCUT2D eigenvalue weighted by Crippen LogP contribution is 2.14. The summed E-state index contributed by atoms with van der Waals surface area (Å²) >= 11 is 1.85. The molecule has 84 valence electrons. The van der Waals surface area contributed by atoms with Crippen LogP contribution in [0, 0.1) is 18.3 Å². The van der Waals surface area contributed by atoms with Gasteiger partial charge in [-0.25, -0.2) is 0 Å². The Bertz CT molecular complexity index is 393. The van der Waals surface area contributed by atoms with E-state index in [1.807, 2.05) is 43.0 Å². The number of nitrogens with one attached hydrogen (secondary N) is 1. The number of rotatable bonds is 6. The highest BCUT2D eigenvalue weighted by molar-refractivity contribution is 7.99. The number of hydrogen-bond donors (Lipinski definition) is 1. The fourth-order valence-electron chi connectivity index (χ4n) is 1.33. The van der Waals surface area contributed by atoms with E-state index in [-0.39, 0.29) is 0 Å². The summed E-state index contributed by atoms with van der Waals surface area (Å²) < 4.78 is 0. The maximum atomic E-state index is 8.80. The fourth-order valence-corrected chi connectivity index (χ4v) is 1.91. The zero-order chi connectivity index (χ0) is 11.8. The lowest BCUT2D eigenvalue weighted by Gasteiger charge is -2.07. The summed E-state index contributed by atoms with van der Waals surface area (Å²) in [5.41, 5.74) is 2.84. The monoisotopic (exact) mass is 232 g/mol. The molecule has 0 bridgehead atoms. The van der Waals surface area contributed by atoms with E-state index in [9.17, 15) is 0 Å². The van der Waals surface area contributed by atoms with Crippen LogP contribution in [0.25, 0.3) is 0 Å². The Balaban J connectivity index is 2.40. The smallest absolute Gasteiger partial charge is 0.0994 e. The van der Waals surface area contributed by atoms with Crippen molar-refractivity contribution in [3.8, 4) is 6.07 Å². The molecule has 0 aliphatic heterocycles. The normalized spacial score (nSPS) is 9.50. The van der Waals surface area contributed by atoms with Crippen LogP contribution in [0.3, 0.4) is 0 Å². The quantitative estimate of drug-likeness (QED) is 0.604. The van der Waals surface area contributed by atoms with E-state index in [1.54, 1.807) is 0 Å². The lowest BCUT2D eigenvalue weighted by molar-refractivity contribution is 1.22. The predicted molar refractivity (Wildman–Crippen MR) is 71.9 cm³/mol. The molecule has 0 unspecified atom stereocenters. The zero-order valence-electron chi connectivity index (χ0n) is 9.49. The molecule has 1 aromatic carbocycles. The van der Waals surface area contributed by atoms with Crippen LogP contribution < -0.4 is 5.32 Å². The van der Waals surface area contributed by atoms with E-state index in [0.717, 1.165) is 34.9 Å². The van der Waals surface area contributed by atoms with Crippen molar-refractivity contribution < 1.29 is 0 Å². The van der Waals surface area contributed by atoms with E-state index >= 15 is 0 Å². The minimum atomic E-state index is 0.742. The summed E-state index contributed by atoms with van der Waals surface area (Å²) in [5, 5.41) is 12.1. The van der Waals surface area contributed by atoms with Gasteiger partial charge >= 0.3 is 0 Å². The first-order valence-electron chi connectivity index (χ1n) is 5.21. The molecule has 0 aliphatic carbocycles. The Hall–Kier alpha value is -1.40. The fraction of sp³-hybridized carbons (Fsp3) is 0.308. The molecule has 2 nitrogen and oxygen atoms in total. The highest BCUT2D eigenvalue weighted by atomic mass is 32.2. The molecular formula is C13H16N2S. The van der Waals surface area contributed by atoms with E-state index in [0.29, 0.717) is 0 Å². The van der Waals surface area contributed by atoms with Gasteiger partial charge in [-0.15, -0.1) is 6.58 Å². The van der Waals surface area contributed by atoms with Gasteiger partial charge in [0.2, 0.25) is 0 Å². The largest absolute Gasteiger partial charge is 0.384 e. The van der Waals surface area contributed by atoms with Gasteiger partial charge in [-0.2, -0.15) is 17.0 Å². The van der Waals surface area contributed by atoms with Crippen LogP contribution in [0.15, 0.2) is 30.9 Å². The standard InChI is InChI=1S/C13H16N2S/c1-3-7-16-8-6-15-13-5-4-12(10-14)11(2)9-13/h3-5,9,15H,1,6-8H2,2H3. The Labute approximate surface area is 101 Å². The van der Waals surface area contributed by atoms with Gasteiger partial charge in [0.25, 0.3) is 0 Å². The van der Waals surface area contributed by atoms with Crippen LogP contribution in [0.4, 0.5) is 5.69 Å². The zero-order valence-corrected chi connectivity index (χ0v) is 10.3. The highest BCUT2D eigenvalue weighted by Gasteiger charge is 1.98. The first-order valence-corrected chi connectivity index (χ1v) is 6.36. The Morgan fingerprint density at radius 2 is 2.38 bits per heavy atom. The van der Waals surface area contributed by atoms with Gasteiger partial charge in [-0.05, 0) is 30.7 Å². The summed E-state index contributed by atoms with van der Waals surface area (Å²) in [7, 11) is 0. The molecule has 0 aromatic heterocycles. The van der Waals surface area contributed by atoms with Gasteiger partial charge in [-0.1, -0.05) is 6.08 Å². The number of thioether (sulfide) groups is 1. The summed E-state index contributed by atoms with van der Waals surface area (Å²) in [6.45, 7) is 6.56. The minimum absolute atomic E-state index is 0.742. The van der Waals surface area contributed by atoms with Gasteiger partial charge in [-0.3, -0.25) is 0 Å². The number of nitrogens with zero attached hydrogens (tertiary/aromatic N) is 1. The van der Waals surface area contributed by atoms with Gasteiger partial charge in [0.1, 0.15) is 0 Å². The van der Waals surface area contributed by atoms with Gasteiger partial charge in [0, 0.05) is 23.7 Å². The summed E-state index contributed by atoms with van der Waals surface area (Å²) in [4.78, 5) is 0. The molecule has 0 aliphatic rings. The van der Waals surface area contributed by atoms with Crippen LogP contribution in [0.5, 0.6) is 0 Å². The lowest BCUT2D eigenvalue weighted by atomic mass is 10.1.